The molecule has 328 valence electrons. The Morgan fingerprint density at radius 1 is 0.507 bits per heavy atom. The van der Waals surface area contributed by atoms with Crippen molar-refractivity contribution in [1.29, 1.82) is 0 Å². The van der Waals surface area contributed by atoms with Gasteiger partial charge in [-0.2, -0.15) is 0 Å². The minimum absolute atomic E-state index is 0.0207. The zero-order chi connectivity index (χ0) is 64.1. The Balaban J connectivity index is 1.14. The second-order valence-corrected chi connectivity index (χ2v) is 18.1. The van der Waals surface area contributed by atoms with E-state index in [1.807, 2.05) is 41.3 Å². The monoisotopic (exact) mass is 892 g/mol. The van der Waals surface area contributed by atoms with Crippen LogP contribution in [0.5, 0.6) is 11.5 Å². The molecule has 0 aliphatic carbocycles. The lowest BCUT2D eigenvalue weighted by molar-refractivity contribution is 0.483. The van der Waals surface area contributed by atoms with Gasteiger partial charge in [0.25, 0.3) is 0 Å². The minimum atomic E-state index is -0.968. The molecule has 0 bridgehead atoms. The van der Waals surface area contributed by atoms with E-state index in [2.05, 4.69) is 25.8 Å². The summed E-state index contributed by atoms with van der Waals surface area (Å²) in [6.45, 7) is 11.2. The topological polar surface area (TPSA) is 33.5 Å². The van der Waals surface area contributed by atoms with Crippen LogP contribution in [-0.4, -0.2) is 16.2 Å². The summed E-state index contributed by atoms with van der Waals surface area (Å²) in [6.07, 6.45) is -0.597. The van der Waals surface area contributed by atoms with Crippen molar-refractivity contribution in [1.82, 2.24) is 9.55 Å². The van der Waals surface area contributed by atoms with Crippen LogP contribution in [0, 0.1) is 0 Å². The van der Waals surface area contributed by atoms with E-state index in [0.717, 1.165) is 15.7 Å². The molecular weight excluding hydrogens is 817 g/mol. The van der Waals surface area contributed by atoms with Gasteiger partial charge in [-0.15, -0.1) is 0 Å². The van der Waals surface area contributed by atoms with Crippen molar-refractivity contribution >= 4 is 44.6 Å². The van der Waals surface area contributed by atoms with Crippen LogP contribution in [0.3, 0.4) is 0 Å². The number of nitrogens with zero attached hydrogens (tertiary/aromatic N) is 4. The van der Waals surface area contributed by atoms with Gasteiger partial charge in [0.15, 0.2) is 0 Å². The van der Waals surface area contributed by atoms with E-state index in [-0.39, 0.29) is 68.3 Å². The van der Waals surface area contributed by atoms with Crippen LogP contribution in [0.2, 0.25) is 0 Å². The maximum Gasteiger partial charge on any atom is 0.137 e. The highest BCUT2D eigenvalue weighted by molar-refractivity contribution is 6.11. The Morgan fingerprint density at radius 3 is 1.94 bits per heavy atom. The molecular formula is C62H54N4O. The van der Waals surface area contributed by atoms with E-state index >= 15 is 0 Å². The van der Waals surface area contributed by atoms with E-state index < -0.39 is 143 Å². The molecule has 11 rings (SSSR count). The van der Waals surface area contributed by atoms with Gasteiger partial charge in [-0.3, -0.25) is 4.57 Å². The van der Waals surface area contributed by atoms with Gasteiger partial charge < -0.3 is 14.5 Å². The zero-order valence-corrected chi connectivity index (χ0v) is 37.4. The third kappa shape index (κ3) is 7.80. The Labute approximate surface area is 423 Å². The van der Waals surface area contributed by atoms with Crippen molar-refractivity contribution < 1.29 is 33.5 Å². The fraction of sp³-hybridized carbons (Fsp3) is 0.145. The van der Waals surface area contributed by atoms with Crippen LogP contribution in [0.1, 0.15) is 81.5 Å². The van der Waals surface area contributed by atoms with E-state index in [0.29, 0.717) is 28.2 Å². The van der Waals surface area contributed by atoms with Crippen LogP contribution in [0.25, 0.3) is 61.0 Å². The average molecular weight is 892 g/mol. The number of fused-ring (bicyclic) bond motifs is 4. The summed E-state index contributed by atoms with van der Waals surface area (Å²) in [5, 5.41) is -0.593. The summed E-state index contributed by atoms with van der Waals surface area (Å²) in [7, 11) is 0. The molecule has 0 saturated heterocycles. The van der Waals surface area contributed by atoms with Crippen molar-refractivity contribution in [3.05, 3.63) is 217 Å². The predicted octanol–water partition coefficient (Wildman–Crippen LogP) is 16.8. The molecule has 2 aromatic heterocycles. The zero-order valence-electron chi connectivity index (χ0n) is 58.4. The lowest BCUT2D eigenvalue weighted by Crippen LogP contribution is -2.25. The van der Waals surface area contributed by atoms with Gasteiger partial charge in [-0.1, -0.05) is 169 Å². The maximum absolute atomic E-state index is 9.74. The first-order valence-corrected chi connectivity index (χ1v) is 21.6. The molecule has 3 heterocycles. The molecule has 67 heavy (non-hydrogen) atoms. The molecule has 0 spiro atoms. The van der Waals surface area contributed by atoms with Crippen LogP contribution >= 0.6 is 0 Å². The molecule has 0 unspecified atom stereocenters. The van der Waals surface area contributed by atoms with E-state index in [9.17, 15) is 12.3 Å². The van der Waals surface area contributed by atoms with Crippen LogP contribution in [-0.2, 0) is 10.8 Å². The normalized spacial score (nSPS) is 17.2. The van der Waals surface area contributed by atoms with Gasteiger partial charge in [-0.25, -0.2) is 4.98 Å². The minimum Gasteiger partial charge on any atom is -0.457 e. The number of pyridine rings is 1. The highest BCUT2D eigenvalue weighted by Gasteiger charge is 2.32. The lowest BCUT2D eigenvalue weighted by Gasteiger charge is -2.28. The first-order chi connectivity index (χ1) is 41.2. The summed E-state index contributed by atoms with van der Waals surface area (Å²) in [6, 6.07) is 10.5. The molecule has 1 aliphatic rings. The van der Waals surface area contributed by atoms with Crippen molar-refractivity contribution in [2.45, 2.75) is 52.4 Å². The molecule has 0 amide bonds. The number of hydrogen-bond acceptors (Lipinski definition) is 4. The molecule has 0 radical (unpaired) electrons. The molecule has 8 aromatic carbocycles. The van der Waals surface area contributed by atoms with Gasteiger partial charge in [0.1, 0.15) is 24.0 Å². The number of para-hydroxylation sites is 3. The molecule has 5 heteroatoms. The summed E-state index contributed by atoms with van der Waals surface area (Å²) in [4.78, 5) is 7.92. The molecule has 1 aliphatic heterocycles. The van der Waals surface area contributed by atoms with E-state index in [4.69, 9.17) is 21.2 Å². The number of rotatable bonds is 8. The summed E-state index contributed by atoms with van der Waals surface area (Å²) in [5.41, 5.74) is 1.21. The van der Waals surface area contributed by atoms with Gasteiger partial charge >= 0.3 is 0 Å². The number of aromatic nitrogens is 2. The fourth-order valence-electron chi connectivity index (χ4n) is 8.31. The van der Waals surface area contributed by atoms with E-state index in [1.165, 1.54) is 12.1 Å². The maximum atomic E-state index is 9.74. The molecule has 0 N–H and O–H groups in total. The highest BCUT2D eigenvalue weighted by atomic mass is 16.5. The largest absolute Gasteiger partial charge is 0.457 e. The summed E-state index contributed by atoms with van der Waals surface area (Å²) >= 11 is 0. The smallest absolute Gasteiger partial charge is 0.137 e. The third-order valence-electron chi connectivity index (χ3n) is 11.6. The Morgan fingerprint density at radius 2 is 1.19 bits per heavy atom. The second kappa shape index (κ2) is 16.5. The van der Waals surface area contributed by atoms with Gasteiger partial charge in [0.2, 0.25) is 0 Å². The van der Waals surface area contributed by atoms with Crippen molar-refractivity contribution in [2.75, 3.05) is 16.5 Å². The Kier molecular flexibility index (Phi) is 6.06. The molecule has 0 saturated carbocycles. The number of ether oxygens (including phenoxy) is 1. The number of benzene rings is 8. The molecule has 5 nitrogen and oxygen atoms in total. The Hall–Kier alpha value is -7.89. The highest BCUT2D eigenvalue weighted by Crippen LogP contribution is 2.51. The molecule has 0 fully saturated rings. The quantitative estimate of drug-likeness (QED) is 0.152. The van der Waals surface area contributed by atoms with Gasteiger partial charge in [-0.05, 0) is 105 Å². The van der Waals surface area contributed by atoms with Crippen LogP contribution in [0.15, 0.2) is 206 Å². The first kappa shape index (κ1) is 24.6. The van der Waals surface area contributed by atoms with Crippen molar-refractivity contribution in [3.8, 4) is 50.7 Å². The van der Waals surface area contributed by atoms with Gasteiger partial charge in [0.05, 0.1) is 56.9 Å². The lowest BCUT2D eigenvalue weighted by atomic mass is 9.85. The SMILES string of the molecule is [2H]c1nc(-n2c3cc(Oc4cc(N5CN(c6c(-c7cccc(C(C)(C)C)c7)cccc6-c6c([2H])c([2H])c([2H])c([2H])c6[2H])c6ccccc65)c([2H])c([2H])c4[2H])c([2H])c([2H])c3c3c([2H])c(-c4c([2H])c([2H])c([2H])c([2H])c4[2H])c([2H])c([2H])c32)c([2H])c(C(C)(C)C)c1[2H]. The predicted molar refractivity (Wildman–Crippen MR) is 281 cm³/mol. The van der Waals surface area contributed by atoms with Crippen LogP contribution in [0.4, 0.5) is 22.7 Å². The van der Waals surface area contributed by atoms with E-state index in [1.54, 1.807) is 56.0 Å². The standard InChI is InChI=1S/C62H54N4O/c1-61(2,3)46-23-15-22-45(36-46)52-27-17-26-51(43-20-11-8-12-21-43)60(52)65-41-64(56-28-13-14-29-57(56)65)48-24-16-25-49(39-48)67-50-31-32-53-54-37-44(42-18-9-7-10-19-42)30-33-55(54)66(58(53)40-50)59-38-47(34-35-63-59)62(4,5)6/h7-40H,41H2,1-6H3/i7D,8D,9D,10D,11D,12D,16D,18D,19D,20D,21D,24D,25D,30D,31D,32D,33D,34D,35D,37D,38D. The first-order valence-electron chi connectivity index (χ1n) is 32.1. The average Bonchev–Trinajstić information content (AvgIpc) is 1.65. The second-order valence-electron chi connectivity index (χ2n) is 18.1. The van der Waals surface area contributed by atoms with Crippen molar-refractivity contribution in [3.63, 3.8) is 0 Å². The summed E-state index contributed by atoms with van der Waals surface area (Å²) in [5.74, 6) is -1.23. The summed E-state index contributed by atoms with van der Waals surface area (Å²) < 4.78 is 198. The number of anilines is 4. The molecule has 10 aromatic rings. The Bertz CT molecular complexity index is 4640. The fourth-order valence-corrected chi connectivity index (χ4v) is 8.31. The van der Waals surface area contributed by atoms with Crippen molar-refractivity contribution in [2.24, 2.45) is 0 Å². The third-order valence-corrected chi connectivity index (χ3v) is 11.6. The van der Waals surface area contributed by atoms with Gasteiger partial charge in [0, 0.05) is 45.9 Å². The van der Waals surface area contributed by atoms with Crippen LogP contribution < -0.4 is 14.5 Å². The molecule has 0 atom stereocenters. The number of hydrogen-bond donors (Lipinski definition) is 0.